The highest BCUT2D eigenvalue weighted by Crippen LogP contribution is 2.24. The molecule has 0 aliphatic rings. The third-order valence-corrected chi connectivity index (χ3v) is 4.99. The third-order valence-electron chi connectivity index (χ3n) is 4.62. The molecule has 0 atom stereocenters. The first-order chi connectivity index (χ1) is 14.6. The van der Waals surface area contributed by atoms with Crippen molar-refractivity contribution in [3.8, 4) is 0 Å². The van der Waals surface area contributed by atoms with E-state index in [0.29, 0.717) is 28.8 Å². The Hall–Kier alpha value is -3.84. The maximum atomic E-state index is 12.7. The molecule has 5 N–H and O–H groups in total. The maximum Gasteiger partial charge on any atom is 0.270 e. The number of fused-ring (bicyclic) bond motifs is 1. The molecule has 0 unspecified atom stereocenters. The van der Waals surface area contributed by atoms with E-state index in [2.05, 4.69) is 26.1 Å². The fourth-order valence-corrected chi connectivity index (χ4v) is 3.27. The number of hydrogen-bond acceptors (Lipinski definition) is 6. The molecule has 150 valence electrons. The Bertz CT molecular complexity index is 1210. The van der Waals surface area contributed by atoms with Gasteiger partial charge in [-0.1, -0.05) is 66.2 Å². The van der Waals surface area contributed by atoms with Crippen molar-refractivity contribution in [2.75, 3.05) is 16.5 Å². The zero-order chi connectivity index (χ0) is 20.9. The van der Waals surface area contributed by atoms with E-state index >= 15 is 0 Å². The van der Waals surface area contributed by atoms with E-state index in [1.807, 2.05) is 60.7 Å². The van der Waals surface area contributed by atoms with Gasteiger partial charge in [0.15, 0.2) is 11.6 Å². The molecular formula is C22H19ClN6O. The number of halogens is 1. The normalized spacial score (nSPS) is 10.6. The SMILES string of the molecule is Nc1c(NCc2ccccc2Cl)ncnc1NNC(=O)c1cccc2ccccc12. The first kappa shape index (κ1) is 19.5. The molecule has 1 aromatic heterocycles. The molecule has 4 rings (SSSR count). The molecule has 0 radical (unpaired) electrons. The second-order valence-corrected chi connectivity index (χ2v) is 6.94. The number of aromatic nitrogens is 2. The lowest BCUT2D eigenvalue weighted by Crippen LogP contribution is -2.30. The molecule has 0 spiro atoms. The van der Waals surface area contributed by atoms with Gasteiger partial charge in [-0.25, -0.2) is 9.97 Å². The van der Waals surface area contributed by atoms with E-state index in [0.717, 1.165) is 16.3 Å². The first-order valence-electron chi connectivity index (χ1n) is 9.25. The molecule has 3 aromatic carbocycles. The van der Waals surface area contributed by atoms with Crippen LogP contribution >= 0.6 is 11.6 Å². The summed E-state index contributed by atoms with van der Waals surface area (Å²) < 4.78 is 0. The van der Waals surface area contributed by atoms with E-state index in [-0.39, 0.29) is 11.6 Å². The standard InChI is InChI=1S/C22H19ClN6O/c23-18-11-4-2-7-15(18)12-25-20-19(24)21(27-13-26-20)28-29-22(30)17-10-5-8-14-6-1-3-9-16(14)17/h1-11,13H,12,24H2,(H,29,30)(H2,25,26,27,28). The van der Waals surface area contributed by atoms with Gasteiger partial charge in [0, 0.05) is 17.1 Å². The van der Waals surface area contributed by atoms with Gasteiger partial charge in [0.25, 0.3) is 5.91 Å². The summed E-state index contributed by atoms with van der Waals surface area (Å²) in [6.45, 7) is 0.447. The van der Waals surface area contributed by atoms with Gasteiger partial charge in [-0.3, -0.25) is 15.6 Å². The van der Waals surface area contributed by atoms with Crippen molar-refractivity contribution in [2.45, 2.75) is 6.54 Å². The summed E-state index contributed by atoms with van der Waals surface area (Å²) in [5.74, 6) is 0.433. The summed E-state index contributed by atoms with van der Waals surface area (Å²) in [7, 11) is 0. The summed E-state index contributed by atoms with van der Waals surface area (Å²) in [5.41, 5.74) is 13.3. The summed E-state index contributed by atoms with van der Waals surface area (Å²) in [5, 5.41) is 5.63. The quantitative estimate of drug-likeness (QED) is 0.349. The minimum Gasteiger partial charge on any atom is -0.393 e. The third kappa shape index (κ3) is 4.11. The van der Waals surface area contributed by atoms with Crippen LogP contribution < -0.4 is 21.9 Å². The highest BCUT2D eigenvalue weighted by molar-refractivity contribution is 6.31. The monoisotopic (exact) mass is 418 g/mol. The minimum atomic E-state index is -0.296. The van der Waals surface area contributed by atoms with Crippen LogP contribution in [0.25, 0.3) is 10.8 Å². The Morgan fingerprint density at radius 3 is 2.53 bits per heavy atom. The molecular weight excluding hydrogens is 400 g/mol. The molecule has 0 bridgehead atoms. The van der Waals surface area contributed by atoms with Gasteiger partial charge < -0.3 is 11.1 Å². The number of nitrogens with one attached hydrogen (secondary N) is 3. The Morgan fingerprint density at radius 2 is 1.67 bits per heavy atom. The number of nitrogen functional groups attached to an aromatic ring is 1. The molecule has 7 nitrogen and oxygen atoms in total. The van der Waals surface area contributed by atoms with Gasteiger partial charge in [0.1, 0.15) is 12.0 Å². The number of hydrazine groups is 1. The van der Waals surface area contributed by atoms with Crippen LogP contribution in [0, 0.1) is 0 Å². The second kappa shape index (κ2) is 8.67. The fourth-order valence-electron chi connectivity index (χ4n) is 3.06. The van der Waals surface area contributed by atoms with Gasteiger partial charge >= 0.3 is 0 Å². The number of anilines is 3. The minimum absolute atomic E-state index is 0.280. The molecule has 0 saturated heterocycles. The van der Waals surface area contributed by atoms with Gasteiger partial charge in [-0.05, 0) is 28.5 Å². The first-order valence-corrected chi connectivity index (χ1v) is 9.63. The Balaban J connectivity index is 1.47. The van der Waals surface area contributed by atoms with E-state index in [4.69, 9.17) is 17.3 Å². The zero-order valence-corrected chi connectivity index (χ0v) is 16.6. The molecule has 0 fully saturated rings. The van der Waals surface area contributed by atoms with Crippen molar-refractivity contribution < 1.29 is 4.79 Å². The van der Waals surface area contributed by atoms with Crippen LogP contribution in [-0.2, 0) is 6.54 Å². The second-order valence-electron chi connectivity index (χ2n) is 6.54. The predicted molar refractivity (Wildman–Crippen MR) is 120 cm³/mol. The van der Waals surface area contributed by atoms with Gasteiger partial charge in [-0.2, -0.15) is 0 Å². The summed E-state index contributed by atoms with van der Waals surface area (Å²) in [4.78, 5) is 21.0. The van der Waals surface area contributed by atoms with Gasteiger partial charge in [-0.15, -0.1) is 0 Å². The number of nitrogens with zero attached hydrogens (tertiary/aromatic N) is 2. The molecule has 4 aromatic rings. The Labute approximate surface area is 178 Å². The molecule has 8 heteroatoms. The number of carbonyl (C=O) groups excluding carboxylic acids is 1. The lowest BCUT2D eigenvalue weighted by atomic mass is 10.0. The summed E-state index contributed by atoms with van der Waals surface area (Å²) in [6, 6.07) is 20.7. The van der Waals surface area contributed by atoms with Crippen LogP contribution in [0.3, 0.4) is 0 Å². The van der Waals surface area contributed by atoms with E-state index in [1.165, 1.54) is 6.33 Å². The molecule has 0 aliphatic carbocycles. The largest absolute Gasteiger partial charge is 0.393 e. The number of hydrogen-bond donors (Lipinski definition) is 4. The Kier molecular flexibility index (Phi) is 5.63. The number of benzene rings is 3. The topological polar surface area (TPSA) is 105 Å². The average molecular weight is 419 g/mol. The van der Waals surface area contributed by atoms with Crippen molar-refractivity contribution in [2.24, 2.45) is 0 Å². The molecule has 0 saturated carbocycles. The van der Waals surface area contributed by atoms with Crippen LogP contribution in [0.15, 0.2) is 73.1 Å². The molecule has 30 heavy (non-hydrogen) atoms. The van der Waals surface area contributed by atoms with Crippen molar-refractivity contribution in [1.29, 1.82) is 0 Å². The van der Waals surface area contributed by atoms with Gasteiger partial charge in [0.2, 0.25) is 0 Å². The lowest BCUT2D eigenvalue weighted by Gasteiger charge is -2.14. The highest BCUT2D eigenvalue weighted by atomic mass is 35.5. The molecule has 1 heterocycles. The van der Waals surface area contributed by atoms with Crippen LogP contribution in [0.4, 0.5) is 17.3 Å². The van der Waals surface area contributed by atoms with Crippen molar-refractivity contribution in [3.05, 3.63) is 89.2 Å². The van der Waals surface area contributed by atoms with Crippen LogP contribution in [0.5, 0.6) is 0 Å². The molecule has 1 amide bonds. The number of carbonyl (C=O) groups is 1. The summed E-state index contributed by atoms with van der Waals surface area (Å²) >= 11 is 6.18. The van der Waals surface area contributed by atoms with Crippen LogP contribution in [0.1, 0.15) is 15.9 Å². The van der Waals surface area contributed by atoms with E-state index in [9.17, 15) is 4.79 Å². The van der Waals surface area contributed by atoms with E-state index in [1.54, 1.807) is 6.07 Å². The predicted octanol–water partition coefficient (Wildman–Crippen LogP) is 4.23. The van der Waals surface area contributed by atoms with Crippen molar-refractivity contribution in [3.63, 3.8) is 0 Å². The maximum absolute atomic E-state index is 12.7. The van der Waals surface area contributed by atoms with Gasteiger partial charge in [0.05, 0.1) is 0 Å². The van der Waals surface area contributed by atoms with E-state index < -0.39 is 0 Å². The number of rotatable bonds is 6. The number of nitrogens with two attached hydrogens (primary N) is 1. The molecule has 0 aliphatic heterocycles. The summed E-state index contributed by atoms with van der Waals surface area (Å²) in [6.07, 6.45) is 1.36. The fraction of sp³-hybridized carbons (Fsp3) is 0.0455. The van der Waals surface area contributed by atoms with Crippen LogP contribution in [-0.4, -0.2) is 15.9 Å². The number of amides is 1. The average Bonchev–Trinajstić information content (AvgIpc) is 2.78. The zero-order valence-electron chi connectivity index (χ0n) is 15.9. The smallest absolute Gasteiger partial charge is 0.270 e. The van der Waals surface area contributed by atoms with Crippen LogP contribution in [0.2, 0.25) is 5.02 Å². The van der Waals surface area contributed by atoms with Crippen molar-refractivity contribution >= 4 is 45.6 Å². The Morgan fingerprint density at radius 1 is 0.933 bits per heavy atom. The lowest BCUT2D eigenvalue weighted by molar-refractivity contribution is 0.0964. The van der Waals surface area contributed by atoms with Crippen molar-refractivity contribution in [1.82, 2.24) is 15.4 Å². The highest BCUT2D eigenvalue weighted by Gasteiger charge is 2.12.